The molecule has 0 atom stereocenters. The van der Waals surface area contributed by atoms with E-state index in [2.05, 4.69) is 6.58 Å². The van der Waals surface area contributed by atoms with Gasteiger partial charge in [0.05, 0.1) is 20.5 Å². The largest absolute Gasteiger partial charge is 0.496 e. The summed E-state index contributed by atoms with van der Waals surface area (Å²) in [6.45, 7) is 5.78. The van der Waals surface area contributed by atoms with Gasteiger partial charge in [0.15, 0.2) is 5.58 Å². The van der Waals surface area contributed by atoms with Crippen LogP contribution in [0.5, 0.6) is 11.5 Å². The standard InChI is InChI=1S/C22H18O4/c1-5-13-11-26-22-20(13)12(2)8-14-9-16-17(10-15(14)21(22)23)19(25-4)7-6-18(16)24-3/h5-11H,1H2,2-4H3. The Labute approximate surface area is 150 Å². The Bertz CT molecular complexity index is 1250. The van der Waals surface area contributed by atoms with Crippen LogP contribution in [0.4, 0.5) is 0 Å². The Morgan fingerprint density at radius 1 is 1.00 bits per heavy atom. The van der Waals surface area contributed by atoms with Crippen LogP contribution in [0.3, 0.4) is 0 Å². The lowest BCUT2D eigenvalue weighted by Gasteiger charge is -2.10. The number of ether oxygens (including phenoxy) is 2. The second-order valence-corrected chi connectivity index (χ2v) is 6.21. The fourth-order valence-corrected chi connectivity index (χ4v) is 3.55. The SMILES string of the molecule is C=Cc1coc2c(=O)c3cc4c(OC)ccc(OC)c4cc3cc(C)c12. The van der Waals surface area contributed by atoms with Crippen molar-refractivity contribution in [1.29, 1.82) is 0 Å². The van der Waals surface area contributed by atoms with Gasteiger partial charge < -0.3 is 13.9 Å². The molecule has 0 amide bonds. The minimum absolute atomic E-state index is 0.150. The molecule has 0 fully saturated rings. The van der Waals surface area contributed by atoms with Gasteiger partial charge in [0, 0.05) is 27.1 Å². The summed E-state index contributed by atoms with van der Waals surface area (Å²) >= 11 is 0. The normalized spacial score (nSPS) is 11.2. The predicted octanol–water partition coefficient (Wildman–Crippen LogP) is 5.07. The van der Waals surface area contributed by atoms with Crippen molar-refractivity contribution < 1.29 is 13.9 Å². The molecule has 1 aromatic heterocycles. The maximum Gasteiger partial charge on any atom is 0.229 e. The third kappa shape index (κ3) is 2.19. The van der Waals surface area contributed by atoms with E-state index in [0.717, 1.165) is 38.4 Å². The molecule has 4 rings (SSSR count). The molecule has 0 aliphatic heterocycles. The average molecular weight is 346 g/mol. The Hall–Kier alpha value is -3.27. The van der Waals surface area contributed by atoms with Crippen LogP contribution in [0.1, 0.15) is 11.1 Å². The van der Waals surface area contributed by atoms with Crippen molar-refractivity contribution >= 4 is 38.6 Å². The first-order chi connectivity index (χ1) is 12.6. The highest BCUT2D eigenvalue weighted by Crippen LogP contribution is 2.36. The van der Waals surface area contributed by atoms with Crippen LogP contribution in [0.25, 0.3) is 38.6 Å². The van der Waals surface area contributed by atoms with Gasteiger partial charge in [0.2, 0.25) is 5.43 Å². The van der Waals surface area contributed by atoms with Crippen molar-refractivity contribution in [2.24, 2.45) is 0 Å². The average Bonchev–Trinajstić information content (AvgIpc) is 3.06. The van der Waals surface area contributed by atoms with Gasteiger partial charge in [-0.05, 0) is 42.1 Å². The lowest BCUT2D eigenvalue weighted by atomic mass is 10.0. The fourth-order valence-electron chi connectivity index (χ4n) is 3.55. The summed E-state index contributed by atoms with van der Waals surface area (Å²) in [7, 11) is 3.24. The van der Waals surface area contributed by atoms with Crippen LogP contribution in [-0.2, 0) is 0 Å². The summed E-state index contributed by atoms with van der Waals surface area (Å²) in [5, 5.41) is 3.91. The van der Waals surface area contributed by atoms with E-state index in [9.17, 15) is 4.79 Å². The van der Waals surface area contributed by atoms with Crippen LogP contribution in [0.2, 0.25) is 0 Å². The number of furan rings is 1. The summed E-state index contributed by atoms with van der Waals surface area (Å²) < 4.78 is 16.6. The van der Waals surface area contributed by atoms with Crippen molar-refractivity contribution in [3.8, 4) is 11.5 Å². The Balaban J connectivity index is 2.28. The number of fused-ring (bicyclic) bond motifs is 3. The van der Waals surface area contributed by atoms with Gasteiger partial charge in [-0.3, -0.25) is 4.79 Å². The molecule has 0 spiro atoms. The van der Waals surface area contributed by atoms with Crippen LogP contribution in [0, 0.1) is 6.92 Å². The van der Waals surface area contributed by atoms with Gasteiger partial charge in [0.1, 0.15) is 11.5 Å². The highest BCUT2D eigenvalue weighted by molar-refractivity contribution is 6.06. The Kier molecular flexibility index (Phi) is 3.69. The molecule has 1 heterocycles. The first-order valence-corrected chi connectivity index (χ1v) is 8.25. The minimum Gasteiger partial charge on any atom is -0.496 e. The highest BCUT2D eigenvalue weighted by atomic mass is 16.5. The summed E-state index contributed by atoms with van der Waals surface area (Å²) in [5.41, 5.74) is 1.96. The van der Waals surface area contributed by atoms with Crippen LogP contribution < -0.4 is 14.9 Å². The maximum atomic E-state index is 13.2. The third-order valence-electron chi connectivity index (χ3n) is 4.80. The van der Waals surface area contributed by atoms with Crippen LogP contribution in [-0.4, -0.2) is 14.2 Å². The quantitative estimate of drug-likeness (QED) is 0.520. The summed E-state index contributed by atoms with van der Waals surface area (Å²) in [6, 6.07) is 9.52. The molecule has 0 saturated carbocycles. The Morgan fingerprint density at radius 2 is 1.65 bits per heavy atom. The van der Waals surface area contributed by atoms with Crippen molar-refractivity contribution in [3.05, 3.63) is 64.5 Å². The molecule has 0 radical (unpaired) electrons. The van der Waals surface area contributed by atoms with E-state index in [0.29, 0.717) is 16.7 Å². The lowest BCUT2D eigenvalue weighted by Crippen LogP contribution is -1.98. The van der Waals surface area contributed by atoms with E-state index in [1.165, 1.54) is 0 Å². The molecule has 0 aliphatic rings. The molecule has 4 nitrogen and oxygen atoms in total. The van der Waals surface area contributed by atoms with Crippen molar-refractivity contribution in [1.82, 2.24) is 0 Å². The molecule has 0 saturated heterocycles. The summed E-state index contributed by atoms with van der Waals surface area (Å²) in [5.74, 6) is 1.42. The zero-order valence-electron chi connectivity index (χ0n) is 14.9. The van der Waals surface area contributed by atoms with Crippen molar-refractivity contribution in [3.63, 3.8) is 0 Å². The van der Waals surface area contributed by atoms with Gasteiger partial charge in [-0.25, -0.2) is 0 Å². The molecule has 130 valence electrons. The Morgan fingerprint density at radius 3 is 2.27 bits per heavy atom. The summed E-state index contributed by atoms with van der Waals surface area (Å²) in [4.78, 5) is 13.2. The molecule has 26 heavy (non-hydrogen) atoms. The number of hydrogen-bond acceptors (Lipinski definition) is 4. The zero-order valence-corrected chi connectivity index (χ0v) is 14.9. The molecule has 4 aromatic rings. The number of methoxy groups -OCH3 is 2. The van der Waals surface area contributed by atoms with E-state index in [1.54, 1.807) is 26.6 Å². The van der Waals surface area contributed by atoms with Crippen molar-refractivity contribution in [2.45, 2.75) is 6.92 Å². The van der Waals surface area contributed by atoms with Crippen LogP contribution >= 0.6 is 0 Å². The van der Waals surface area contributed by atoms with E-state index in [1.807, 2.05) is 37.3 Å². The van der Waals surface area contributed by atoms with Crippen molar-refractivity contribution in [2.75, 3.05) is 14.2 Å². The van der Waals surface area contributed by atoms with Gasteiger partial charge in [-0.1, -0.05) is 18.7 Å². The first-order valence-electron chi connectivity index (χ1n) is 8.25. The fraction of sp³-hybridized carbons (Fsp3) is 0.136. The van der Waals surface area contributed by atoms with Gasteiger partial charge in [-0.15, -0.1) is 0 Å². The van der Waals surface area contributed by atoms with Gasteiger partial charge in [0.25, 0.3) is 0 Å². The van der Waals surface area contributed by atoms with E-state index in [4.69, 9.17) is 13.9 Å². The molecule has 4 heteroatoms. The molecule has 0 bridgehead atoms. The molecule has 0 aliphatic carbocycles. The second kappa shape index (κ2) is 5.92. The van der Waals surface area contributed by atoms with Gasteiger partial charge >= 0.3 is 0 Å². The number of benzene rings is 2. The minimum atomic E-state index is -0.150. The number of hydrogen-bond donors (Lipinski definition) is 0. The number of aryl methyl sites for hydroxylation is 1. The molecule has 0 unspecified atom stereocenters. The summed E-state index contributed by atoms with van der Waals surface area (Å²) in [6.07, 6.45) is 3.27. The number of rotatable bonds is 3. The predicted molar refractivity (Wildman–Crippen MR) is 105 cm³/mol. The van der Waals surface area contributed by atoms with E-state index >= 15 is 0 Å². The monoisotopic (exact) mass is 346 g/mol. The topological polar surface area (TPSA) is 48.7 Å². The van der Waals surface area contributed by atoms with E-state index < -0.39 is 0 Å². The maximum absolute atomic E-state index is 13.2. The molecule has 3 aromatic carbocycles. The molecular weight excluding hydrogens is 328 g/mol. The van der Waals surface area contributed by atoms with Gasteiger partial charge in [-0.2, -0.15) is 0 Å². The molecule has 0 N–H and O–H groups in total. The molecular formula is C22H18O4. The van der Waals surface area contributed by atoms with Crippen LogP contribution in [0.15, 0.2) is 52.4 Å². The smallest absolute Gasteiger partial charge is 0.229 e. The van der Waals surface area contributed by atoms with E-state index in [-0.39, 0.29) is 5.43 Å². The first kappa shape index (κ1) is 16.2. The lowest BCUT2D eigenvalue weighted by molar-refractivity contribution is 0.410. The highest BCUT2D eigenvalue weighted by Gasteiger charge is 2.15. The second-order valence-electron chi connectivity index (χ2n) is 6.21. The third-order valence-corrected chi connectivity index (χ3v) is 4.80. The zero-order chi connectivity index (χ0) is 18.4.